The first-order valence-electron chi connectivity index (χ1n) is 8.10. The van der Waals surface area contributed by atoms with Gasteiger partial charge in [0.2, 0.25) is 0 Å². The third-order valence-electron chi connectivity index (χ3n) is 3.70. The maximum Gasteiger partial charge on any atom is 0.387 e. The van der Waals surface area contributed by atoms with Gasteiger partial charge in [-0.1, -0.05) is 6.07 Å². The quantitative estimate of drug-likeness (QED) is 0.514. The zero-order valence-electron chi connectivity index (χ0n) is 14.8. The van der Waals surface area contributed by atoms with Crippen molar-refractivity contribution in [1.82, 2.24) is 9.36 Å². The van der Waals surface area contributed by atoms with Gasteiger partial charge in [0, 0.05) is 6.42 Å². The van der Waals surface area contributed by atoms with Gasteiger partial charge in [-0.2, -0.15) is 21.9 Å². The van der Waals surface area contributed by atoms with Crippen LogP contribution in [0, 0.1) is 0 Å². The molecule has 0 unspecified atom stereocenters. The van der Waals surface area contributed by atoms with E-state index in [0.29, 0.717) is 0 Å². The van der Waals surface area contributed by atoms with Crippen LogP contribution in [0.1, 0.15) is 23.1 Å². The number of furan rings is 1. The maximum absolute atomic E-state index is 12.9. The van der Waals surface area contributed by atoms with Gasteiger partial charge >= 0.3 is 6.61 Å². The fourth-order valence-corrected chi connectivity index (χ4v) is 3.11. The fraction of sp³-hybridized carbons (Fsp3) is 0.167. The number of rotatable bonds is 7. The number of amides is 1. The summed E-state index contributed by atoms with van der Waals surface area (Å²) in [5, 5.41) is 2.71. The highest BCUT2D eigenvalue weighted by Gasteiger charge is 2.21. The van der Waals surface area contributed by atoms with Crippen molar-refractivity contribution in [3.8, 4) is 16.3 Å². The van der Waals surface area contributed by atoms with Gasteiger partial charge in [0.15, 0.2) is 0 Å². The highest BCUT2D eigenvalue weighted by atomic mass is 32.1. The Balaban J connectivity index is 2.00. The zero-order valence-corrected chi connectivity index (χ0v) is 15.6. The molecule has 0 atom stereocenters. The predicted octanol–water partition coefficient (Wildman–Crippen LogP) is 5.36. The summed E-state index contributed by atoms with van der Waals surface area (Å²) in [6, 6.07) is 5.60. The average Bonchev–Trinajstić information content (AvgIpc) is 3.33. The molecule has 0 spiro atoms. The molecule has 152 valence electrons. The van der Waals surface area contributed by atoms with E-state index in [1.807, 2.05) is 0 Å². The molecular formula is C18H13F4N3O3S. The number of benzene rings is 1. The van der Waals surface area contributed by atoms with Crippen LogP contribution in [0.4, 0.5) is 23.2 Å². The van der Waals surface area contributed by atoms with E-state index in [1.54, 1.807) is 0 Å². The molecule has 0 radical (unpaired) electrons. The van der Waals surface area contributed by atoms with Crippen LogP contribution in [-0.2, 0) is 6.42 Å². The molecule has 0 saturated heterocycles. The number of carbonyl (C=O) groups is 1. The average molecular weight is 427 g/mol. The van der Waals surface area contributed by atoms with Crippen LogP contribution in [0.5, 0.6) is 5.75 Å². The first kappa shape index (κ1) is 20.5. The summed E-state index contributed by atoms with van der Waals surface area (Å²) in [7, 11) is 0. The predicted molar refractivity (Wildman–Crippen MR) is 97.3 cm³/mol. The molecule has 29 heavy (non-hydrogen) atoms. The van der Waals surface area contributed by atoms with E-state index in [-0.39, 0.29) is 45.4 Å². The Morgan fingerprint density at radius 1 is 1.31 bits per heavy atom. The SMILES string of the molecule is CC(Cc1nsc(-c2c(NC(=O)c3ccoc3)cccc2OC(F)F)n1)=C(F)F. The summed E-state index contributed by atoms with van der Waals surface area (Å²) < 4.78 is 64.4. The highest BCUT2D eigenvalue weighted by Crippen LogP contribution is 2.39. The standard InChI is InChI=1S/C18H13F4N3O3S/c1-9(15(19)20)7-13-24-17(29-25-13)14-11(3-2-4-12(14)28-18(21)22)23-16(26)10-5-6-27-8-10/h2-6,8,18H,7H2,1H3,(H,23,26). The second kappa shape index (κ2) is 8.86. The van der Waals surface area contributed by atoms with Crippen molar-refractivity contribution in [2.75, 3.05) is 5.32 Å². The van der Waals surface area contributed by atoms with E-state index >= 15 is 0 Å². The van der Waals surface area contributed by atoms with Crippen molar-refractivity contribution < 1.29 is 31.5 Å². The largest absolute Gasteiger partial charge is 0.472 e. The minimum Gasteiger partial charge on any atom is -0.472 e. The van der Waals surface area contributed by atoms with E-state index in [9.17, 15) is 22.4 Å². The lowest BCUT2D eigenvalue weighted by Crippen LogP contribution is -2.12. The molecule has 0 aliphatic rings. The van der Waals surface area contributed by atoms with Crippen LogP contribution in [0.25, 0.3) is 10.6 Å². The summed E-state index contributed by atoms with van der Waals surface area (Å²) in [5.41, 5.74) is 0.213. The van der Waals surface area contributed by atoms with Crippen molar-refractivity contribution in [3.05, 3.63) is 59.8 Å². The lowest BCUT2D eigenvalue weighted by Gasteiger charge is -2.13. The van der Waals surface area contributed by atoms with Gasteiger partial charge < -0.3 is 14.5 Å². The first-order valence-corrected chi connectivity index (χ1v) is 8.87. The topological polar surface area (TPSA) is 77.2 Å². The number of allylic oxidation sites excluding steroid dienone is 1. The second-order valence-corrected chi connectivity index (χ2v) is 6.51. The van der Waals surface area contributed by atoms with Crippen LogP contribution in [0.2, 0.25) is 0 Å². The van der Waals surface area contributed by atoms with Crippen LogP contribution >= 0.6 is 11.5 Å². The van der Waals surface area contributed by atoms with Crippen LogP contribution < -0.4 is 10.1 Å². The third kappa shape index (κ3) is 4.99. The Morgan fingerprint density at radius 3 is 2.76 bits per heavy atom. The molecule has 6 nitrogen and oxygen atoms in total. The van der Waals surface area contributed by atoms with E-state index in [0.717, 1.165) is 11.5 Å². The lowest BCUT2D eigenvalue weighted by atomic mass is 10.1. The van der Waals surface area contributed by atoms with E-state index in [4.69, 9.17) is 4.42 Å². The van der Waals surface area contributed by atoms with Gasteiger partial charge in [0.25, 0.3) is 12.0 Å². The Kier molecular flexibility index (Phi) is 6.27. The van der Waals surface area contributed by atoms with Crippen LogP contribution in [0.15, 0.2) is 52.9 Å². The number of hydrogen-bond acceptors (Lipinski definition) is 6. The Labute approximate surface area is 166 Å². The van der Waals surface area contributed by atoms with Gasteiger partial charge in [-0.05, 0) is 42.2 Å². The summed E-state index contributed by atoms with van der Waals surface area (Å²) in [4.78, 5) is 16.5. The molecule has 0 bridgehead atoms. The number of aromatic nitrogens is 2. The summed E-state index contributed by atoms with van der Waals surface area (Å²) >= 11 is 0.813. The molecule has 1 aromatic carbocycles. The Morgan fingerprint density at radius 2 is 2.10 bits per heavy atom. The van der Waals surface area contributed by atoms with Gasteiger partial charge in [0.1, 0.15) is 22.8 Å². The molecule has 3 rings (SSSR count). The second-order valence-electron chi connectivity index (χ2n) is 5.76. The number of nitrogens with one attached hydrogen (secondary N) is 1. The maximum atomic E-state index is 12.9. The molecule has 0 saturated carbocycles. The number of ether oxygens (including phenoxy) is 1. The summed E-state index contributed by atoms with van der Waals surface area (Å²) in [6.07, 6.45) is 0.491. The molecular weight excluding hydrogens is 414 g/mol. The molecule has 3 aromatic rings. The number of halogens is 4. The third-order valence-corrected chi connectivity index (χ3v) is 4.47. The summed E-state index contributed by atoms with van der Waals surface area (Å²) in [6.45, 7) is -1.88. The van der Waals surface area contributed by atoms with Crippen molar-refractivity contribution >= 4 is 23.1 Å². The minimum atomic E-state index is -3.12. The molecule has 1 amide bonds. The number of nitrogens with zero attached hydrogens (tertiary/aromatic N) is 2. The monoisotopic (exact) mass is 427 g/mol. The van der Waals surface area contributed by atoms with Crippen LogP contribution in [0.3, 0.4) is 0 Å². The van der Waals surface area contributed by atoms with E-state index in [1.165, 1.54) is 43.7 Å². The fourth-order valence-electron chi connectivity index (χ4n) is 2.37. The number of alkyl halides is 2. The molecule has 0 fully saturated rings. The minimum absolute atomic E-state index is 0.0655. The molecule has 2 aromatic heterocycles. The van der Waals surface area contributed by atoms with Crippen molar-refractivity contribution in [1.29, 1.82) is 0 Å². The van der Waals surface area contributed by atoms with Gasteiger partial charge in [-0.15, -0.1) is 0 Å². The lowest BCUT2D eigenvalue weighted by molar-refractivity contribution is -0.0494. The first-order chi connectivity index (χ1) is 13.8. The number of carbonyl (C=O) groups excluding carboxylic acids is 1. The molecule has 1 N–H and O–H groups in total. The van der Waals surface area contributed by atoms with E-state index < -0.39 is 18.6 Å². The van der Waals surface area contributed by atoms with Crippen molar-refractivity contribution in [2.45, 2.75) is 20.0 Å². The highest BCUT2D eigenvalue weighted by molar-refractivity contribution is 7.09. The smallest absolute Gasteiger partial charge is 0.387 e. The zero-order chi connectivity index (χ0) is 21.0. The molecule has 0 aliphatic carbocycles. The number of hydrogen-bond donors (Lipinski definition) is 1. The molecule has 0 aliphatic heterocycles. The number of anilines is 1. The molecule has 2 heterocycles. The Hall–Kier alpha value is -3.21. The van der Waals surface area contributed by atoms with E-state index in [2.05, 4.69) is 19.4 Å². The normalized spacial score (nSPS) is 10.8. The van der Waals surface area contributed by atoms with Crippen molar-refractivity contribution in [3.63, 3.8) is 0 Å². The van der Waals surface area contributed by atoms with Gasteiger partial charge in [0.05, 0.1) is 23.1 Å². The summed E-state index contributed by atoms with van der Waals surface area (Å²) in [5.74, 6) is -0.692. The van der Waals surface area contributed by atoms with Crippen molar-refractivity contribution in [2.24, 2.45) is 0 Å². The van der Waals surface area contributed by atoms with Gasteiger partial charge in [-0.25, -0.2) is 4.98 Å². The molecule has 11 heteroatoms. The van der Waals surface area contributed by atoms with Gasteiger partial charge in [-0.3, -0.25) is 4.79 Å². The van der Waals surface area contributed by atoms with Crippen LogP contribution in [-0.4, -0.2) is 21.9 Å². The Bertz CT molecular complexity index is 1030.